The smallest absolute Gasteiger partial charge is 0.216 e. The number of aromatic nitrogens is 3. The number of aromatic amines is 1. The van der Waals surface area contributed by atoms with Crippen molar-refractivity contribution in [2.75, 3.05) is 13.7 Å². The lowest BCUT2D eigenvalue weighted by atomic mass is 9.96. The van der Waals surface area contributed by atoms with Crippen molar-refractivity contribution < 1.29 is 9.47 Å². The highest BCUT2D eigenvalue weighted by atomic mass is 35.5. The standard InChI is InChI=1S/C16H21ClN4O2S/c1-6-23-12-8-10(7-11(17)13(12)22-5)9-18-21-14(16(2,3)4)19-20-15(21)24/h7-9H,6H2,1-5H3,(H,20,24)/b18-9-. The fourth-order valence-corrected chi connectivity index (χ4v) is 2.61. The summed E-state index contributed by atoms with van der Waals surface area (Å²) in [6.45, 7) is 8.53. The molecule has 0 saturated carbocycles. The lowest BCUT2D eigenvalue weighted by molar-refractivity contribution is 0.311. The molecule has 0 spiro atoms. The number of methoxy groups -OCH3 is 1. The summed E-state index contributed by atoms with van der Waals surface area (Å²) in [5.74, 6) is 1.82. The summed E-state index contributed by atoms with van der Waals surface area (Å²) in [6.07, 6.45) is 1.66. The molecule has 1 aromatic carbocycles. The van der Waals surface area contributed by atoms with Crippen molar-refractivity contribution >= 4 is 30.0 Å². The van der Waals surface area contributed by atoms with Gasteiger partial charge in [0.05, 0.1) is 25.0 Å². The van der Waals surface area contributed by atoms with Crippen LogP contribution in [0.25, 0.3) is 0 Å². The average molecular weight is 369 g/mol. The summed E-state index contributed by atoms with van der Waals surface area (Å²) in [5, 5.41) is 11.9. The lowest BCUT2D eigenvalue weighted by Gasteiger charge is -2.16. The molecule has 1 aromatic heterocycles. The van der Waals surface area contributed by atoms with E-state index in [0.717, 1.165) is 11.4 Å². The van der Waals surface area contributed by atoms with E-state index in [9.17, 15) is 0 Å². The number of hydrogen-bond donors (Lipinski definition) is 1. The van der Waals surface area contributed by atoms with E-state index in [1.807, 2.05) is 33.8 Å². The molecule has 6 nitrogen and oxygen atoms in total. The third kappa shape index (κ3) is 3.96. The maximum absolute atomic E-state index is 6.25. The summed E-state index contributed by atoms with van der Waals surface area (Å²) in [6, 6.07) is 3.57. The molecule has 2 rings (SSSR count). The number of nitrogens with zero attached hydrogens (tertiary/aromatic N) is 3. The molecule has 1 N–H and O–H groups in total. The van der Waals surface area contributed by atoms with Gasteiger partial charge in [-0.25, -0.2) is 0 Å². The number of benzene rings is 1. The van der Waals surface area contributed by atoms with Crippen molar-refractivity contribution in [2.24, 2.45) is 5.10 Å². The Kier molecular flexibility index (Phi) is 5.66. The first kappa shape index (κ1) is 18.5. The topological polar surface area (TPSA) is 64.4 Å². The van der Waals surface area contributed by atoms with Crippen molar-refractivity contribution in [3.05, 3.63) is 33.3 Å². The number of halogens is 1. The van der Waals surface area contributed by atoms with E-state index in [1.165, 1.54) is 0 Å². The molecule has 24 heavy (non-hydrogen) atoms. The van der Waals surface area contributed by atoms with Crippen LogP contribution in [0.5, 0.6) is 11.5 Å². The van der Waals surface area contributed by atoms with Crippen molar-refractivity contribution in [1.29, 1.82) is 0 Å². The molecule has 130 valence electrons. The quantitative estimate of drug-likeness (QED) is 0.635. The Balaban J connectivity index is 2.44. The lowest BCUT2D eigenvalue weighted by Crippen LogP contribution is -2.17. The van der Waals surface area contributed by atoms with Gasteiger partial charge in [0.25, 0.3) is 0 Å². The molecule has 0 aliphatic rings. The molecule has 0 aliphatic heterocycles. The summed E-state index contributed by atoms with van der Waals surface area (Å²) in [5.41, 5.74) is 0.575. The first-order chi connectivity index (χ1) is 11.3. The third-order valence-electron chi connectivity index (χ3n) is 3.18. The van der Waals surface area contributed by atoms with Crippen molar-refractivity contribution in [1.82, 2.24) is 14.9 Å². The maximum Gasteiger partial charge on any atom is 0.216 e. The summed E-state index contributed by atoms with van der Waals surface area (Å²) in [7, 11) is 1.55. The van der Waals surface area contributed by atoms with Crippen LogP contribution in [-0.4, -0.2) is 34.8 Å². The van der Waals surface area contributed by atoms with Crippen LogP contribution in [0.4, 0.5) is 0 Å². The van der Waals surface area contributed by atoms with E-state index in [4.69, 9.17) is 33.3 Å². The van der Waals surface area contributed by atoms with E-state index in [2.05, 4.69) is 15.3 Å². The van der Waals surface area contributed by atoms with Gasteiger partial charge in [-0.15, -0.1) is 0 Å². The SMILES string of the molecule is CCOc1cc(/C=N\n2c(C(C)(C)C)n[nH]c2=S)cc(Cl)c1OC. The van der Waals surface area contributed by atoms with E-state index in [0.29, 0.717) is 27.9 Å². The molecule has 0 bridgehead atoms. The molecule has 0 saturated heterocycles. The highest BCUT2D eigenvalue weighted by Gasteiger charge is 2.21. The van der Waals surface area contributed by atoms with Gasteiger partial charge in [0, 0.05) is 5.41 Å². The van der Waals surface area contributed by atoms with Gasteiger partial charge in [-0.3, -0.25) is 5.10 Å². The van der Waals surface area contributed by atoms with Crippen LogP contribution in [0.15, 0.2) is 17.2 Å². The predicted octanol–water partition coefficient (Wildman–Crippen LogP) is 4.18. The van der Waals surface area contributed by atoms with Gasteiger partial charge < -0.3 is 9.47 Å². The van der Waals surface area contributed by atoms with Crippen LogP contribution in [0.2, 0.25) is 5.02 Å². The molecule has 0 amide bonds. The Hall–Kier alpha value is -1.86. The monoisotopic (exact) mass is 368 g/mol. The normalized spacial score (nSPS) is 11.9. The van der Waals surface area contributed by atoms with Gasteiger partial charge in [0.2, 0.25) is 4.77 Å². The Labute approximate surface area is 151 Å². The molecule has 0 radical (unpaired) electrons. The second-order valence-corrected chi connectivity index (χ2v) is 6.92. The zero-order valence-electron chi connectivity index (χ0n) is 14.4. The summed E-state index contributed by atoms with van der Waals surface area (Å²) in [4.78, 5) is 0. The average Bonchev–Trinajstić information content (AvgIpc) is 2.86. The van der Waals surface area contributed by atoms with E-state index in [-0.39, 0.29) is 5.41 Å². The first-order valence-corrected chi connectivity index (χ1v) is 8.29. The molecule has 8 heteroatoms. The third-order valence-corrected chi connectivity index (χ3v) is 3.72. The molecule has 2 aromatic rings. The fraction of sp³-hybridized carbons (Fsp3) is 0.438. The van der Waals surface area contributed by atoms with Crippen molar-refractivity contribution in [3.63, 3.8) is 0 Å². The second kappa shape index (κ2) is 7.36. The summed E-state index contributed by atoms with van der Waals surface area (Å²) < 4.78 is 12.9. The number of rotatable bonds is 5. The van der Waals surface area contributed by atoms with Gasteiger partial charge in [-0.1, -0.05) is 32.4 Å². The maximum atomic E-state index is 6.25. The van der Waals surface area contributed by atoms with Crippen LogP contribution in [-0.2, 0) is 5.41 Å². The minimum atomic E-state index is -0.196. The van der Waals surface area contributed by atoms with Crippen LogP contribution >= 0.6 is 23.8 Å². The molecular formula is C16H21ClN4O2S. The van der Waals surface area contributed by atoms with Crippen LogP contribution in [0.3, 0.4) is 0 Å². The molecule has 0 fully saturated rings. The molecular weight excluding hydrogens is 348 g/mol. The Bertz CT molecular complexity index is 805. The molecule has 0 atom stereocenters. The van der Waals surface area contributed by atoms with Gasteiger partial charge >= 0.3 is 0 Å². The number of H-pyrrole nitrogens is 1. The molecule has 0 aliphatic carbocycles. The predicted molar refractivity (Wildman–Crippen MR) is 98.3 cm³/mol. The Morgan fingerprint density at radius 3 is 2.71 bits per heavy atom. The van der Waals surface area contributed by atoms with E-state index >= 15 is 0 Å². The zero-order valence-corrected chi connectivity index (χ0v) is 16.0. The minimum absolute atomic E-state index is 0.196. The van der Waals surface area contributed by atoms with Crippen molar-refractivity contribution in [2.45, 2.75) is 33.1 Å². The van der Waals surface area contributed by atoms with E-state index < -0.39 is 0 Å². The molecule has 0 unspecified atom stereocenters. The van der Waals surface area contributed by atoms with Gasteiger partial charge in [0.15, 0.2) is 17.3 Å². The number of nitrogens with one attached hydrogen (secondary N) is 1. The van der Waals surface area contributed by atoms with Gasteiger partial charge in [0.1, 0.15) is 0 Å². The fourth-order valence-electron chi connectivity index (χ4n) is 2.13. The van der Waals surface area contributed by atoms with Crippen molar-refractivity contribution in [3.8, 4) is 11.5 Å². The first-order valence-electron chi connectivity index (χ1n) is 7.50. The van der Waals surface area contributed by atoms with Gasteiger partial charge in [-0.2, -0.15) is 14.9 Å². The highest BCUT2D eigenvalue weighted by Crippen LogP contribution is 2.35. The largest absolute Gasteiger partial charge is 0.491 e. The minimum Gasteiger partial charge on any atom is -0.491 e. The number of ether oxygens (including phenoxy) is 2. The second-order valence-electron chi connectivity index (χ2n) is 6.13. The van der Waals surface area contributed by atoms with Crippen LogP contribution < -0.4 is 9.47 Å². The highest BCUT2D eigenvalue weighted by molar-refractivity contribution is 7.71. The van der Waals surface area contributed by atoms with Crippen LogP contribution in [0, 0.1) is 4.77 Å². The number of hydrogen-bond acceptors (Lipinski definition) is 5. The molecule has 1 heterocycles. The van der Waals surface area contributed by atoms with Gasteiger partial charge in [-0.05, 0) is 36.8 Å². The van der Waals surface area contributed by atoms with Crippen LogP contribution in [0.1, 0.15) is 39.1 Å². The summed E-state index contributed by atoms with van der Waals surface area (Å²) >= 11 is 11.5. The Morgan fingerprint density at radius 2 is 2.12 bits per heavy atom. The van der Waals surface area contributed by atoms with E-state index in [1.54, 1.807) is 24.1 Å². The Morgan fingerprint density at radius 1 is 1.42 bits per heavy atom. The zero-order chi connectivity index (χ0) is 17.9.